The average molecular weight is 350 g/mol. The van der Waals surface area contributed by atoms with Gasteiger partial charge in [-0.25, -0.2) is 13.6 Å². The van der Waals surface area contributed by atoms with Gasteiger partial charge in [0, 0.05) is 23.5 Å². The molecule has 7 heteroatoms. The van der Waals surface area contributed by atoms with Gasteiger partial charge in [-0.2, -0.15) is 0 Å². The zero-order valence-electron chi connectivity index (χ0n) is 14.5. The van der Waals surface area contributed by atoms with Gasteiger partial charge in [-0.05, 0) is 45.9 Å². The summed E-state index contributed by atoms with van der Waals surface area (Å²) in [5.74, 6) is -2.99. The van der Waals surface area contributed by atoms with Gasteiger partial charge in [0.2, 0.25) is 0 Å². The van der Waals surface area contributed by atoms with E-state index in [-0.39, 0.29) is 11.7 Å². The summed E-state index contributed by atoms with van der Waals surface area (Å²) < 4.78 is 33.3. The Kier molecular flexibility index (Phi) is 5.56. The quantitative estimate of drug-likeness (QED) is 0.835. The molecule has 25 heavy (non-hydrogen) atoms. The number of aryl methyl sites for hydroxylation is 1. The van der Waals surface area contributed by atoms with E-state index in [1.54, 1.807) is 13.0 Å². The Hall–Kier alpha value is -2.70. The Labute approximate surface area is 144 Å². The third-order valence-corrected chi connectivity index (χ3v) is 3.76. The molecule has 1 aromatic heterocycles. The number of aromatic nitrogens is 1. The second kappa shape index (κ2) is 7.46. The summed E-state index contributed by atoms with van der Waals surface area (Å²) in [5.41, 5.74) is 1.87. The lowest BCUT2D eigenvalue weighted by Gasteiger charge is -2.13. The van der Waals surface area contributed by atoms with Gasteiger partial charge >= 0.3 is 5.97 Å². The fraction of sp³-hybridized carbons (Fsp3) is 0.333. The number of nitrogens with one attached hydrogen (secondary N) is 1. The van der Waals surface area contributed by atoms with Crippen molar-refractivity contribution in [3.63, 3.8) is 0 Å². The molecule has 5 nitrogen and oxygen atoms in total. The van der Waals surface area contributed by atoms with Crippen LogP contribution in [0.2, 0.25) is 0 Å². The second-order valence-electron chi connectivity index (χ2n) is 6.00. The average Bonchev–Trinajstić information content (AvgIpc) is 2.82. The maximum atomic E-state index is 13.5. The normalized spacial score (nSPS) is 10.8. The first kappa shape index (κ1) is 18.6. The van der Waals surface area contributed by atoms with Crippen molar-refractivity contribution in [3.8, 4) is 0 Å². The second-order valence-corrected chi connectivity index (χ2v) is 6.00. The standard InChI is InChI=1S/C18H20F2N2O3/c1-10(2)22-11(3)7-14(12(22)4)18(24)25-9-17(23)21-16-6-5-13(19)8-15(16)20/h5-8,10H,9H2,1-4H3,(H,21,23). The molecule has 2 rings (SSSR count). The molecule has 0 aliphatic carbocycles. The highest BCUT2D eigenvalue weighted by Crippen LogP contribution is 2.21. The molecule has 0 saturated carbocycles. The fourth-order valence-corrected chi connectivity index (χ4v) is 2.76. The van der Waals surface area contributed by atoms with Crippen molar-refractivity contribution in [2.24, 2.45) is 0 Å². The number of carbonyl (C=O) groups is 2. The van der Waals surface area contributed by atoms with Gasteiger partial charge in [0.05, 0.1) is 11.3 Å². The highest BCUT2D eigenvalue weighted by atomic mass is 19.1. The molecule has 0 spiro atoms. The summed E-state index contributed by atoms with van der Waals surface area (Å²) >= 11 is 0. The van der Waals surface area contributed by atoms with Crippen LogP contribution in [0.1, 0.15) is 41.6 Å². The molecular formula is C18H20F2N2O3. The molecule has 0 saturated heterocycles. The van der Waals surface area contributed by atoms with E-state index < -0.39 is 30.1 Å². The van der Waals surface area contributed by atoms with Crippen molar-refractivity contribution in [2.75, 3.05) is 11.9 Å². The molecule has 2 aromatic rings. The number of amides is 1. The minimum Gasteiger partial charge on any atom is -0.452 e. The summed E-state index contributed by atoms with van der Waals surface area (Å²) in [6.45, 7) is 7.12. The number of anilines is 1. The van der Waals surface area contributed by atoms with Gasteiger partial charge in [-0.1, -0.05) is 0 Å². The first-order valence-electron chi connectivity index (χ1n) is 7.81. The molecule has 134 valence electrons. The maximum absolute atomic E-state index is 13.5. The molecule has 0 atom stereocenters. The molecule has 1 heterocycles. The molecule has 0 bridgehead atoms. The van der Waals surface area contributed by atoms with E-state index in [2.05, 4.69) is 5.32 Å². The number of halogens is 2. The Morgan fingerprint density at radius 1 is 1.20 bits per heavy atom. The number of benzene rings is 1. The minimum atomic E-state index is -0.903. The van der Waals surface area contributed by atoms with Gasteiger partial charge in [-0.3, -0.25) is 4.79 Å². The highest BCUT2D eigenvalue weighted by Gasteiger charge is 2.19. The summed E-state index contributed by atoms with van der Waals surface area (Å²) in [4.78, 5) is 24.0. The molecule has 0 radical (unpaired) electrons. The Bertz CT molecular complexity index is 813. The van der Waals surface area contributed by atoms with Gasteiger partial charge in [0.25, 0.3) is 5.91 Å². The van der Waals surface area contributed by atoms with Crippen molar-refractivity contribution in [2.45, 2.75) is 33.7 Å². The largest absolute Gasteiger partial charge is 0.452 e. The molecular weight excluding hydrogens is 330 g/mol. The van der Waals surface area contributed by atoms with Crippen molar-refractivity contribution in [1.82, 2.24) is 4.57 Å². The zero-order valence-corrected chi connectivity index (χ0v) is 14.5. The van der Waals surface area contributed by atoms with E-state index in [4.69, 9.17) is 4.74 Å². The predicted octanol–water partition coefficient (Wildman–Crippen LogP) is 3.76. The van der Waals surface area contributed by atoms with Crippen LogP contribution in [0.4, 0.5) is 14.5 Å². The van der Waals surface area contributed by atoms with Gasteiger partial charge in [-0.15, -0.1) is 0 Å². The molecule has 1 N–H and O–H groups in total. The minimum absolute atomic E-state index is 0.180. The molecule has 0 aliphatic heterocycles. The number of carbonyl (C=O) groups excluding carboxylic acids is 2. The number of hydrogen-bond acceptors (Lipinski definition) is 3. The van der Waals surface area contributed by atoms with Crippen molar-refractivity contribution < 1.29 is 23.1 Å². The number of rotatable bonds is 5. The van der Waals surface area contributed by atoms with Crippen LogP contribution in [0.3, 0.4) is 0 Å². The van der Waals surface area contributed by atoms with Crippen molar-refractivity contribution in [1.29, 1.82) is 0 Å². The number of hydrogen-bond donors (Lipinski definition) is 1. The third-order valence-electron chi connectivity index (χ3n) is 3.76. The van der Waals surface area contributed by atoms with Gasteiger partial charge in [0.1, 0.15) is 11.6 Å². The molecule has 0 aliphatic rings. The first-order chi connectivity index (χ1) is 11.7. The number of nitrogens with zero attached hydrogens (tertiary/aromatic N) is 1. The Morgan fingerprint density at radius 2 is 1.88 bits per heavy atom. The van der Waals surface area contributed by atoms with Crippen molar-refractivity contribution in [3.05, 3.63) is 52.9 Å². The summed E-state index contributed by atoms with van der Waals surface area (Å²) in [7, 11) is 0. The number of esters is 1. The monoisotopic (exact) mass is 350 g/mol. The molecule has 1 amide bonds. The molecule has 1 aromatic carbocycles. The topological polar surface area (TPSA) is 60.3 Å². The maximum Gasteiger partial charge on any atom is 0.340 e. The van der Waals surface area contributed by atoms with E-state index in [9.17, 15) is 18.4 Å². The van der Waals surface area contributed by atoms with Crippen LogP contribution in [-0.2, 0) is 9.53 Å². The van der Waals surface area contributed by atoms with E-state index in [0.717, 1.165) is 23.5 Å². The van der Waals surface area contributed by atoms with E-state index in [1.807, 2.05) is 25.3 Å². The fourth-order valence-electron chi connectivity index (χ4n) is 2.76. The van der Waals surface area contributed by atoms with Crippen LogP contribution in [0.15, 0.2) is 24.3 Å². The van der Waals surface area contributed by atoms with Crippen molar-refractivity contribution >= 4 is 17.6 Å². The van der Waals surface area contributed by atoms with E-state index in [1.165, 1.54) is 0 Å². The Morgan fingerprint density at radius 3 is 2.44 bits per heavy atom. The van der Waals surface area contributed by atoms with E-state index >= 15 is 0 Å². The molecule has 0 fully saturated rings. The molecule has 0 unspecified atom stereocenters. The smallest absolute Gasteiger partial charge is 0.340 e. The number of ether oxygens (including phenoxy) is 1. The summed E-state index contributed by atoms with van der Waals surface area (Å²) in [5, 5.41) is 2.23. The van der Waals surface area contributed by atoms with Crippen LogP contribution >= 0.6 is 0 Å². The first-order valence-corrected chi connectivity index (χ1v) is 7.81. The predicted molar refractivity (Wildman–Crippen MR) is 89.6 cm³/mol. The lowest BCUT2D eigenvalue weighted by molar-refractivity contribution is -0.119. The van der Waals surface area contributed by atoms with Gasteiger partial charge in [0.15, 0.2) is 6.61 Å². The van der Waals surface area contributed by atoms with Crippen LogP contribution in [0.5, 0.6) is 0 Å². The summed E-state index contributed by atoms with van der Waals surface area (Å²) in [6.07, 6.45) is 0. The van der Waals surface area contributed by atoms with Crippen LogP contribution in [0, 0.1) is 25.5 Å². The lowest BCUT2D eigenvalue weighted by Crippen LogP contribution is -2.21. The van der Waals surface area contributed by atoms with Crippen LogP contribution < -0.4 is 5.32 Å². The zero-order chi connectivity index (χ0) is 18.7. The van der Waals surface area contributed by atoms with Gasteiger partial charge < -0.3 is 14.6 Å². The highest BCUT2D eigenvalue weighted by molar-refractivity contribution is 5.96. The lowest BCUT2D eigenvalue weighted by atomic mass is 10.2. The van der Waals surface area contributed by atoms with E-state index in [0.29, 0.717) is 11.6 Å². The van der Waals surface area contributed by atoms with Crippen LogP contribution in [0.25, 0.3) is 0 Å². The summed E-state index contributed by atoms with van der Waals surface area (Å²) in [6, 6.07) is 4.66. The Balaban J connectivity index is 2.00. The third kappa shape index (κ3) is 4.23. The van der Waals surface area contributed by atoms with Crippen LogP contribution in [-0.4, -0.2) is 23.1 Å². The SMILES string of the molecule is Cc1cc(C(=O)OCC(=O)Nc2ccc(F)cc2F)c(C)n1C(C)C.